The van der Waals surface area contributed by atoms with Crippen LogP contribution < -0.4 is 5.32 Å². The van der Waals surface area contributed by atoms with E-state index in [0.29, 0.717) is 31.8 Å². The lowest BCUT2D eigenvalue weighted by Gasteiger charge is -2.31. The summed E-state index contributed by atoms with van der Waals surface area (Å²) < 4.78 is 39.0. The predicted octanol–water partition coefficient (Wildman–Crippen LogP) is 3.83. The van der Waals surface area contributed by atoms with E-state index in [2.05, 4.69) is 24.3 Å². The van der Waals surface area contributed by atoms with Gasteiger partial charge < -0.3 is 15.1 Å². The molecule has 2 rings (SSSR count). The van der Waals surface area contributed by atoms with Crippen LogP contribution in [-0.2, 0) is 22.4 Å². The number of benzene rings is 1. The molecule has 0 saturated carbocycles. The first-order valence-electron chi connectivity index (χ1n) is 9.51. The van der Waals surface area contributed by atoms with E-state index in [0.717, 1.165) is 18.2 Å². The molecule has 0 spiro atoms. The van der Waals surface area contributed by atoms with Crippen molar-refractivity contribution in [3.8, 4) is 0 Å². The number of hydrogen-bond donors (Lipinski definition) is 1. The molecule has 1 fully saturated rings. The van der Waals surface area contributed by atoms with Crippen LogP contribution in [0, 0.1) is 5.92 Å². The van der Waals surface area contributed by atoms with Gasteiger partial charge >= 0.3 is 6.18 Å². The van der Waals surface area contributed by atoms with E-state index in [-0.39, 0.29) is 24.1 Å². The van der Waals surface area contributed by atoms with Gasteiger partial charge in [0.25, 0.3) is 0 Å². The van der Waals surface area contributed by atoms with Crippen LogP contribution in [0.2, 0.25) is 0 Å². The van der Waals surface area contributed by atoms with Gasteiger partial charge in [0.2, 0.25) is 5.91 Å². The van der Waals surface area contributed by atoms with E-state index in [1.165, 1.54) is 12.1 Å². The number of alkyl halides is 3. The van der Waals surface area contributed by atoms with Crippen molar-refractivity contribution < 1.29 is 22.8 Å². The highest BCUT2D eigenvalue weighted by Crippen LogP contribution is 2.32. The van der Waals surface area contributed by atoms with Crippen molar-refractivity contribution in [1.29, 1.82) is 0 Å². The Bertz CT molecular complexity index is 680. The van der Waals surface area contributed by atoms with Crippen LogP contribution >= 0.6 is 0 Å². The van der Waals surface area contributed by atoms with Crippen molar-refractivity contribution in [2.75, 3.05) is 20.1 Å². The van der Waals surface area contributed by atoms with Crippen LogP contribution in [0.3, 0.4) is 0 Å². The minimum atomic E-state index is -4.42. The van der Waals surface area contributed by atoms with Crippen LogP contribution in [-0.4, -0.2) is 42.7 Å². The monoisotopic (exact) mass is 399 g/mol. The number of nitrogens with one attached hydrogen (secondary N) is 1. The van der Waals surface area contributed by atoms with Crippen LogP contribution in [0.15, 0.2) is 29.4 Å². The molecule has 156 valence electrons. The molecule has 1 aromatic carbocycles. The van der Waals surface area contributed by atoms with Gasteiger partial charge in [-0.25, -0.2) is 0 Å². The molecule has 0 aliphatic carbocycles. The van der Waals surface area contributed by atoms with Crippen LogP contribution in [0.1, 0.15) is 44.2 Å². The standard InChI is InChI=1S/C20H28F3N3O2/c1-14(2)12-18(24-3)19(27)26-10-8-16(9-11-26)25-28-13-15-6-4-5-7-17(15)20(21,22)23/h4-7,14,18,24H,8-13H2,1-3H3/t18-/m0/s1. The molecule has 1 aliphatic rings. The smallest absolute Gasteiger partial charge is 0.391 e. The normalized spacial score (nSPS) is 16.2. The number of rotatable bonds is 7. The number of oxime groups is 1. The number of likely N-dealkylation sites (N-methyl/N-ethyl adjacent to an activating group) is 1. The zero-order valence-corrected chi connectivity index (χ0v) is 16.6. The topological polar surface area (TPSA) is 53.9 Å². The highest BCUT2D eigenvalue weighted by molar-refractivity contribution is 5.88. The molecule has 0 unspecified atom stereocenters. The Labute approximate surface area is 163 Å². The van der Waals surface area contributed by atoms with Gasteiger partial charge in [0.1, 0.15) is 6.61 Å². The summed E-state index contributed by atoms with van der Waals surface area (Å²) in [5.41, 5.74) is 0.106. The molecule has 0 aromatic heterocycles. The van der Waals surface area contributed by atoms with Gasteiger partial charge in [0, 0.05) is 31.5 Å². The SMILES string of the molecule is CN[C@@H](CC(C)C)C(=O)N1CCC(=NOCc2ccccc2C(F)(F)F)CC1. The molecule has 8 heteroatoms. The Hall–Kier alpha value is -2.09. The zero-order chi connectivity index (χ0) is 20.7. The molecular weight excluding hydrogens is 371 g/mol. The Kier molecular flexibility index (Phi) is 7.86. The van der Waals surface area contributed by atoms with Gasteiger partial charge in [-0.3, -0.25) is 4.79 Å². The number of piperidine rings is 1. The van der Waals surface area contributed by atoms with Crippen LogP contribution in [0.25, 0.3) is 0 Å². The fourth-order valence-electron chi connectivity index (χ4n) is 3.23. The average Bonchev–Trinajstić information content (AvgIpc) is 2.65. The van der Waals surface area contributed by atoms with E-state index in [4.69, 9.17) is 4.84 Å². The van der Waals surface area contributed by atoms with Gasteiger partial charge in [-0.2, -0.15) is 13.2 Å². The molecule has 0 bridgehead atoms. The number of amides is 1. The molecule has 28 heavy (non-hydrogen) atoms. The molecule has 1 heterocycles. The Balaban J connectivity index is 1.87. The fourth-order valence-corrected chi connectivity index (χ4v) is 3.23. The highest BCUT2D eigenvalue weighted by atomic mass is 19.4. The number of likely N-dealkylation sites (tertiary alicyclic amines) is 1. The first-order valence-corrected chi connectivity index (χ1v) is 9.51. The molecule has 1 atom stereocenters. The predicted molar refractivity (Wildman–Crippen MR) is 102 cm³/mol. The lowest BCUT2D eigenvalue weighted by molar-refractivity contribution is -0.139. The van der Waals surface area contributed by atoms with Gasteiger partial charge in [0.05, 0.1) is 17.3 Å². The van der Waals surface area contributed by atoms with Crippen molar-refractivity contribution in [3.63, 3.8) is 0 Å². The Morgan fingerprint density at radius 1 is 1.25 bits per heavy atom. The van der Waals surface area contributed by atoms with E-state index >= 15 is 0 Å². The van der Waals surface area contributed by atoms with Crippen LogP contribution in [0.4, 0.5) is 13.2 Å². The third-order valence-corrected chi connectivity index (χ3v) is 4.74. The van der Waals surface area contributed by atoms with E-state index in [1.54, 1.807) is 13.1 Å². The first-order chi connectivity index (χ1) is 13.2. The number of nitrogens with zero attached hydrogens (tertiary/aromatic N) is 2. The maximum absolute atomic E-state index is 13.0. The summed E-state index contributed by atoms with van der Waals surface area (Å²) in [4.78, 5) is 19.6. The third kappa shape index (κ3) is 6.22. The molecule has 1 N–H and O–H groups in total. The Morgan fingerprint density at radius 3 is 2.46 bits per heavy atom. The fraction of sp³-hybridized carbons (Fsp3) is 0.600. The van der Waals surface area contributed by atoms with Gasteiger partial charge in [-0.05, 0) is 25.5 Å². The molecular formula is C20H28F3N3O2. The van der Waals surface area contributed by atoms with Gasteiger partial charge in [-0.1, -0.05) is 37.2 Å². The van der Waals surface area contributed by atoms with E-state index in [1.807, 2.05) is 4.90 Å². The second-order valence-corrected chi connectivity index (χ2v) is 7.38. The second kappa shape index (κ2) is 9.91. The van der Waals surface area contributed by atoms with Crippen molar-refractivity contribution in [2.45, 2.75) is 51.9 Å². The minimum Gasteiger partial charge on any atom is -0.391 e. The van der Waals surface area contributed by atoms with Crippen LogP contribution in [0.5, 0.6) is 0 Å². The number of carbonyl (C=O) groups is 1. The largest absolute Gasteiger partial charge is 0.416 e. The summed E-state index contributed by atoms with van der Waals surface area (Å²) in [6.07, 6.45) is -2.53. The lowest BCUT2D eigenvalue weighted by Crippen LogP contribution is -2.48. The van der Waals surface area contributed by atoms with E-state index < -0.39 is 11.7 Å². The lowest BCUT2D eigenvalue weighted by atomic mass is 10.0. The average molecular weight is 399 g/mol. The van der Waals surface area contributed by atoms with Gasteiger partial charge in [0.15, 0.2) is 0 Å². The summed E-state index contributed by atoms with van der Waals surface area (Å²) in [7, 11) is 1.79. The van der Waals surface area contributed by atoms with E-state index in [9.17, 15) is 18.0 Å². The van der Waals surface area contributed by atoms with Crippen molar-refractivity contribution in [1.82, 2.24) is 10.2 Å². The molecule has 5 nitrogen and oxygen atoms in total. The Morgan fingerprint density at radius 2 is 1.89 bits per heavy atom. The van der Waals surface area contributed by atoms with Crippen molar-refractivity contribution in [2.24, 2.45) is 11.1 Å². The minimum absolute atomic E-state index is 0.0533. The summed E-state index contributed by atoms with van der Waals surface area (Å²) in [5, 5.41) is 7.08. The second-order valence-electron chi connectivity index (χ2n) is 7.38. The molecule has 1 saturated heterocycles. The molecule has 0 radical (unpaired) electrons. The number of halogens is 3. The zero-order valence-electron chi connectivity index (χ0n) is 16.6. The maximum atomic E-state index is 13.0. The molecule has 1 aromatic rings. The number of carbonyl (C=O) groups excluding carboxylic acids is 1. The van der Waals surface area contributed by atoms with Crippen molar-refractivity contribution in [3.05, 3.63) is 35.4 Å². The van der Waals surface area contributed by atoms with Gasteiger partial charge in [-0.15, -0.1) is 0 Å². The molecule has 1 amide bonds. The summed E-state index contributed by atoms with van der Waals surface area (Å²) in [5.74, 6) is 0.492. The summed E-state index contributed by atoms with van der Waals surface area (Å²) >= 11 is 0. The quantitative estimate of drug-likeness (QED) is 0.709. The maximum Gasteiger partial charge on any atom is 0.416 e. The highest BCUT2D eigenvalue weighted by Gasteiger charge is 2.33. The summed E-state index contributed by atoms with van der Waals surface area (Å²) in [6.45, 7) is 4.99. The molecule has 1 aliphatic heterocycles. The number of hydrogen-bond acceptors (Lipinski definition) is 4. The van der Waals surface area contributed by atoms with Crippen molar-refractivity contribution >= 4 is 11.6 Å². The third-order valence-electron chi connectivity index (χ3n) is 4.74. The first kappa shape index (κ1) is 22.2. The summed E-state index contributed by atoms with van der Waals surface area (Å²) in [6, 6.07) is 5.11.